The van der Waals surface area contributed by atoms with Crippen molar-refractivity contribution >= 4 is 41.2 Å². The van der Waals surface area contributed by atoms with E-state index >= 15 is 0 Å². The number of benzene rings is 1. The predicted octanol–water partition coefficient (Wildman–Crippen LogP) is 2.59. The molecule has 1 heterocycles. The Labute approximate surface area is 144 Å². The van der Waals surface area contributed by atoms with E-state index in [4.69, 9.17) is 17.3 Å². The Hall–Kier alpha value is -2.88. The van der Waals surface area contributed by atoms with Gasteiger partial charge in [-0.2, -0.15) is 18.2 Å². The highest BCUT2D eigenvalue weighted by Gasteiger charge is 2.30. The number of nitrogens with one attached hydrogen (secondary N) is 2. The molecule has 0 radical (unpaired) electrons. The standard InChI is InChI=1S/C14H11ClF3N5O2/c15-11-9(6-24)12(23-13(19)22-11)21-10(25)5-20-8-3-1-2-7(4-8)14(16,17)18/h1-4,6,20H,5H2,(H3,19,21,22,23,25). The molecule has 2 rings (SSSR count). The highest BCUT2D eigenvalue weighted by molar-refractivity contribution is 6.32. The third-order valence-electron chi connectivity index (χ3n) is 2.94. The van der Waals surface area contributed by atoms with Gasteiger partial charge in [-0.05, 0) is 18.2 Å². The first-order chi connectivity index (χ1) is 11.7. The van der Waals surface area contributed by atoms with Gasteiger partial charge in [0.2, 0.25) is 11.9 Å². The summed E-state index contributed by atoms with van der Waals surface area (Å²) in [6.07, 6.45) is -4.15. The van der Waals surface area contributed by atoms with E-state index in [0.717, 1.165) is 12.1 Å². The third-order valence-corrected chi connectivity index (χ3v) is 3.22. The zero-order valence-electron chi connectivity index (χ0n) is 12.4. The van der Waals surface area contributed by atoms with Gasteiger partial charge in [-0.1, -0.05) is 17.7 Å². The van der Waals surface area contributed by atoms with Gasteiger partial charge in [0, 0.05) is 5.69 Å². The maximum absolute atomic E-state index is 12.6. The topological polar surface area (TPSA) is 110 Å². The first kappa shape index (κ1) is 18.5. The molecule has 0 fully saturated rings. The van der Waals surface area contributed by atoms with Crippen LogP contribution in [0.25, 0.3) is 0 Å². The summed E-state index contributed by atoms with van der Waals surface area (Å²) in [7, 11) is 0. The van der Waals surface area contributed by atoms with Crippen molar-refractivity contribution in [1.82, 2.24) is 9.97 Å². The molecule has 0 aliphatic rings. The number of amides is 1. The number of aromatic nitrogens is 2. The molecule has 132 valence electrons. The molecule has 1 amide bonds. The first-order valence-corrected chi connectivity index (χ1v) is 7.07. The molecule has 1 aromatic carbocycles. The lowest BCUT2D eigenvalue weighted by Gasteiger charge is -2.11. The molecule has 0 saturated heterocycles. The van der Waals surface area contributed by atoms with E-state index in [9.17, 15) is 22.8 Å². The molecule has 25 heavy (non-hydrogen) atoms. The monoisotopic (exact) mass is 373 g/mol. The van der Waals surface area contributed by atoms with Gasteiger partial charge in [-0.15, -0.1) is 0 Å². The van der Waals surface area contributed by atoms with Gasteiger partial charge in [-0.3, -0.25) is 9.59 Å². The summed E-state index contributed by atoms with van der Waals surface area (Å²) in [5.74, 6) is -1.12. The molecule has 0 saturated carbocycles. The van der Waals surface area contributed by atoms with Gasteiger partial charge >= 0.3 is 6.18 Å². The Kier molecular flexibility index (Phi) is 5.42. The van der Waals surface area contributed by atoms with Crippen molar-refractivity contribution in [2.24, 2.45) is 0 Å². The minimum atomic E-state index is -4.49. The Morgan fingerprint density at radius 2 is 2.04 bits per heavy atom. The summed E-state index contributed by atoms with van der Waals surface area (Å²) in [4.78, 5) is 30.1. The van der Waals surface area contributed by atoms with Crippen LogP contribution in [0.1, 0.15) is 15.9 Å². The lowest BCUT2D eigenvalue weighted by atomic mass is 10.2. The SMILES string of the molecule is Nc1nc(Cl)c(C=O)c(NC(=O)CNc2cccc(C(F)(F)F)c2)n1. The first-order valence-electron chi connectivity index (χ1n) is 6.70. The summed E-state index contributed by atoms with van der Waals surface area (Å²) >= 11 is 5.72. The number of hydrogen-bond acceptors (Lipinski definition) is 6. The van der Waals surface area contributed by atoms with Crippen LogP contribution < -0.4 is 16.4 Å². The summed E-state index contributed by atoms with van der Waals surface area (Å²) in [5, 5.41) is 4.59. The van der Waals surface area contributed by atoms with Crippen molar-refractivity contribution in [3.05, 3.63) is 40.5 Å². The Bertz CT molecular complexity index is 814. The highest BCUT2D eigenvalue weighted by Crippen LogP contribution is 2.30. The number of nitrogen functional groups attached to an aromatic ring is 1. The van der Waals surface area contributed by atoms with Crippen molar-refractivity contribution in [1.29, 1.82) is 0 Å². The van der Waals surface area contributed by atoms with E-state index in [1.807, 2.05) is 0 Å². The smallest absolute Gasteiger partial charge is 0.376 e. The maximum atomic E-state index is 12.6. The van der Waals surface area contributed by atoms with Crippen LogP contribution in [0.3, 0.4) is 0 Å². The molecule has 0 unspecified atom stereocenters. The van der Waals surface area contributed by atoms with Crippen LogP contribution in [0.4, 0.5) is 30.6 Å². The zero-order chi connectivity index (χ0) is 18.6. The quantitative estimate of drug-likeness (QED) is 0.549. The van der Waals surface area contributed by atoms with Crippen molar-refractivity contribution in [2.45, 2.75) is 6.18 Å². The van der Waals surface area contributed by atoms with E-state index in [-0.39, 0.29) is 34.7 Å². The van der Waals surface area contributed by atoms with Crippen molar-refractivity contribution in [3.63, 3.8) is 0 Å². The molecule has 0 spiro atoms. The fraction of sp³-hybridized carbons (Fsp3) is 0.143. The Morgan fingerprint density at radius 3 is 2.68 bits per heavy atom. The molecular weight excluding hydrogens is 363 g/mol. The average molecular weight is 374 g/mol. The van der Waals surface area contributed by atoms with Crippen LogP contribution in [-0.4, -0.2) is 28.7 Å². The second kappa shape index (κ2) is 7.34. The number of rotatable bonds is 5. The van der Waals surface area contributed by atoms with Crippen LogP contribution >= 0.6 is 11.6 Å². The summed E-state index contributed by atoms with van der Waals surface area (Å²) in [6.45, 7) is -0.374. The zero-order valence-corrected chi connectivity index (χ0v) is 13.1. The fourth-order valence-corrected chi connectivity index (χ4v) is 2.04. The van der Waals surface area contributed by atoms with Crippen molar-refractivity contribution in [2.75, 3.05) is 22.9 Å². The number of nitrogens with two attached hydrogens (primary N) is 1. The number of carbonyl (C=O) groups is 2. The number of carbonyl (C=O) groups excluding carboxylic acids is 2. The Morgan fingerprint density at radius 1 is 1.32 bits per heavy atom. The van der Waals surface area contributed by atoms with Crippen LogP contribution in [0.5, 0.6) is 0 Å². The van der Waals surface area contributed by atoms with Gasteiger partial charge in [0.25, 0.3) is 0 Å². The number of hydrogen-bond donors (Lipinski definition) is 3. The van der Waals surface area contributed by atoms with Crippen LogP contribution in [0.15, 0.2) is 24.3 Å². The number of aldehydes is 1. The van der Waals surface area contributed by atoms with Crippen LogP contribution in [-0.2, 0) is 11.0 Å². The van der Waals surface area contributed by atoms with Crippen molar-refractivity contribution in [3.8, 4) is 0 Å². The molecule has 0 bridgehead atoms. The van der Waals surface area contributed by atoms with Gasteiger partial charge < -0.3 is 16.4 Å². The summed E-state index contributed by atoms with van der Waals surface area (Å²) < 4.78 is 37.9. The summed E-state index contributed by atoms with van der Waals surface area (Å²) in [6, 6.07) is 4.36. The predicted molar refractivity (Wildman–Crippen MR) is 85.4 cm³/mol. The molecule has 0 atom stereocenters. The van der Waals surface area contributed by atoms with E-state index in [0.29, 0.717) is 6.29 Å². The van der Waals surface area contributed by atoms with Gasteiger partial charge in [0.05, 0.1) is 17.7 Å². The minimum Gasteiger partial charge on any atom is -0.376 e. The number of halogens is 4. The molecule has 0 aliphatic heterocycles. The minimum absolute atomic E-state index is 0.0980. The molecule has 1 aromatic heterocycles. The lowest BCUT2D eigenvalue weighted by molar-refractivity contribution is -0.137. The van der Waals surface area contributed by atoms with E-state index < -0.39 is 17.6 Å². The second-order valence-corrected chi connectivity index (χ2v) is 5.09. The molecular formula is C14H11ClF3N5O2. The molecule has 0 aliphatic carbocycles. The van der Waals surface area contributed by atoms with Gasteiger partial charge in [-0.25, -0.2) is 4.98 Å². The summed E-state index contributed by atoms with van der Waals surface area (Å²) in [5.41, 5.74) is 4.47. The van der Waals surface area contributed by atoms with Crippen molar-refractivity contribution < 1.29 is 22.8 Å². The maximum Gasteiger partial charge on any atom is 0.416 e. The fourth-order valence-electron chi connectivity index (χ4n) is 1.82. The largest absolute Gasteiger partial charge is 0.416 e. The lowest BCUT2D eigenvalue weighted by Crippen LogP contribution is -2.23. The van der Waals surface area contributed by atoms with E-state index in [2.05, 4.69) is 20.6 Å². The number of anilines is 3. The normalized spacial score (nSPS) is 11.0. The third kappa shape index (κ3) is 4.80. The average Bonchev–Trinajstić information content (AvgIpc) is 2.52. The van der Waals surface area contributed by atoms with E-state index in [1.165, 1.54) is 12.1 Å². The number of nitrogens with zero attached hydrogens (tertiary/aromatic N) is 2. The second-order valence-electron chi connectivity index (χ2n) is 4.73. The van der Waals surface area contributed by atoms with Gasteiger partial charge in [0.1, 0.15) is 11.0 Å². The molecule has 4 N–H and O–H groups in total. The van der Waals surface area contributed by atoms with Crippen LogP contribution in [0.2, 0.25) is 5.15 Å². The molecule has 2 aromatic rings. The molecule has 7 nitrogen and oxygen atoms in total. The van der Waals surface area contributed by atoms with Gasteiger partial charge in [0.15, 0.2) is 6.29 Å². The highest BCUT2D eigenvalue weighted by atomic mass is 35.5. The van der Waals surface area contributed by atoms with E-state index in [1.54, 1.807) is 0 Å². The number of alkyl halides is 3. The van der Waals surface area contributed by atoms with Crippen LogP contribution in [0, 0.1) is 0 Å². The Balaban J connectivity index is 2.06. The molecule has 11 heteroatoms.